The van der Waals surface area contributed by atoms with Gasteiger partial charge in [-0.2, -0.15) is 0 Å². The second kappa shape index (κ2) is 17.7. The predicted molar refractivity (Wildman–Crippen MR) is 309 cm³/mol. The van der Waals surface area contributed by atoms with Crippen LogP contribution in [-0.4, -0.2) is 4.98 Å². The first-order chi connectivity index (χ1) is 36.2. The molecule has 73 heavy (non-hydrogen) atoms. The van der Waals surface area contributed by atoms with Crippen LogP contribution in [0.5, 0.6) is 0 Å². The van der Waals surface area contributed by atoms with Crippen LogP contribution in [-0.2, 0) is 0 Å². The number of anilines is 9. The molecule has 0 saturated carbocycles. The van der Waals surface area contributed by atoms with Crippen molar-refractivity contribution in [2.45, 2.75) is 0 Å². The number of rotatable bonds is 10. The Morgan fingerprint density at radius 2 is 0.918 bits per heavy atom. The van der Waals surface area contributed by atoms with Crippen molar-refractivity contribution in [3.05, 3.63) is 267 Å². The Balaban J connectivity index is 1.05. The van der Waals surface area contributed by atoms with E-state index in [1.54, 1.807) is 0 Å². The molecule has 14 aromatic rings. The maximum absolute atomic E-state index is 7.27. The zero-order valence-electron chi connectivity index (χ0n) is 39.5. The van der Waals surface area contributed by atoms with E-state index in [4.69, 9.17) is 9.40 Å². The molecule has 344 valence electrons. The molecule has 0 fully saturated rings. The third kappa shape index (κ3) is 7.26. The molecule has 11 aromatic carbocycles. The van der Waals surface area contributed by atoms with Crippen molar-refractivity contribution in [1.29, 1.82) is 0 Å². The highest BCUT2D eigenvalue weighted by Crippen LogP contribution is 2.52. The largest absolute Gasteiger partial charge is 0.454 e. The van der Waals surface area contributed by atoms with Crippen molar-refractivity contribution < 1.29 is 4.42 Å². The van der Waals surface area contributed by atoms with Crippen LogP contribution in [0, 0.1) is 0 Å². The molecule has 0 radical (unpaired) electrons. The topological polar surface area (TPSA) is 35.8 Å². The molecule has 3 aromatic heterocycles. The summed E-state index contributed by atoms with van der Waals surface area (Å²) in [5.41, 5.74) is 13.9. The first-order valence-electron chi connectivity index (χ1n) is 24.6. The van der Waals surface area contributed by atoms with Crippen LogP contribution in [0.2, 0.25) is 0 Å². The molecule has 5 nitrogen and oxygen atoms in total. The molecule has 0 unspecified atom stereocenters. The van der Waals surface area contributed by atoms with Crippen molar-refractivity contribution >= 4 is 126 Å². The molecule has 0 N–H and O–H groups in total. The van der Waals surface area contributed by atoms with E-state index < -0.39 is 0 Å². The summed E-state index contributed by atoms with van der Waals surface area (Å²) in [6.45, 7) is 0. The molecular weight excluding hydrogens is 909 g/mol. The lowest BCUT2D eigenvalue weighted by Crippen LogP contribution is -2.14. The fourth-order valence-corrected chi connectivity index (χ4v) is 12.0. The minimum atomic E-state index is 0.796. The van der Waals surface area contributed by atoms with Gasteiger partial charge in [-0.25, -0.2) is 0 Å². The second-order valence-electron chi connectivity index (χ2n) is 18.3. The van der Waals surface area contributed by atoms with Gasteiger partial charge in [0.05, 0.1) is 38.7 Å². The highest BCUT2D eigenvalue weighted by molar-refractivity contribution is 7.26. The van der Waals surface area contributed by atoms with Gasteiger partial charge in [0.1, 0.15) is 5.58 Å². The standard InChI is InChI=1S/C67H44N4OS/c1-4-24-48(25-5-1)69(58-35-16-21-45-20-10-11-30-52(45)58)51-43-57-56-42-47(53-31-12-14-34-59(53)70(49-26-6-2-7-27-49)60-36-17-22-46-23-19-41-68-65(46)60)39-40-63(56)72-66(57)62(44-51)71(50-28-8-3-9-29-50)61-37-18-33-55-54-32-13-15-38-64(54)73-67(55)61/h1-44H. The Labute approximate surface area is 426 Å². The minimum absolute atomic E-state index is 0.796. The lowest BCUT2D eigenvalue weighted by Gasteiger charge is -2.30. The molecule has 0 bridgehead atoms. The molecule has 0 saturated heterocycles. The van der Waals surface area contributed by atoms with Crippen LogP contribution >= 0.6 is 11.3 Å². The van der Waals surface area contributed by atoms with Gasteiger partial charge in [-0.05, 0) is 108 Å². The van der Waals surface area contributed by atoms with Gasteiger partial charge in [0.15, 0.2) is 5.58 Å². The highest BCUT2D eigenvalue weighted by Gasteiger charge is 2.27. The molecule has 0 atom stereocenters. The van der Waals surface area contributed by atoms with Crippen LogP contribution in [0.4, 0.5) is 51.2 Å². The van der Waals surface area contributed by atoms with Gasteiger partial charge in [-0.3, -0.25) is 4.98 Å². The SMILES string of the molecule is c1ccc(N(c2cc(N(c3ccccc3)c3cccc4c3sc3ccccc34)c3oc4ccc(-c5ccccc5N(c5ccccc5)c5cccc6cccnc56)cc4c3c2)c2cccc3ccccc23)cc1. The molecule has 0 aliphatic carbocycles. The molecule has 0 spiro atoms. The average Bonchev–Trinajstić information content (AvgIpc) is 4.03. The van der Waals surface area contributed by atoms with E-state index in [0.717, 1.165) is 101 Å². The smallest absolute Gasteiger partial charge is 0.159 e. The summed E-state index contributed by atoms with van der Waals surface area (Å²) in [6.07, 6.45) is 1.88. The van der Waals surface area contributed by atoms with Crippen LogP contribution in [0.15, 0.2) is 271 Å². The Morgan fingerprint density at radius 1 is 0.342 bits per heavy atom. The summed E-state index contributed by atoms with van der Waals surface area (Å²) in [5, 5.41) is 7.91. The molecule has 14 rings (SSSR count). The number of hydrogen-bond donors (Lipinski definition) is 0. The van der Waals surface area contributed by atoms with Crippen LogP contribution in [0.25, 0.3) is 74.9 Å². The number of nitrogens with zero attached hydrogens (tertiary/aromatic N) is 4. The zero-order chi connectivity index (χ0) is 48.2. The Bertz CT molecular complexity index is 4350. The van der Waals surface area contributed by atoms with Crippen molar-refractivity contribution in [2.24, 2.45) is 0 Å². The highest BCUT2D eigenvalue weighted by atomic mass is 32.1. The summed E-state index contributed by atoms with van der Waals surface area (Å²) >= 11 is 1.83. The molecular formula is C67H44N4OS. The number of thiophene rings is 1. The maximum Gasteiger partial charge on any atom is 0.159 e. The van der Waals surface area contributed by atoms with E-state index in [0.29, 0.717) is 0 Å². The lowest BCUT2D eigenvalue weighted by atomic mass is 9.99. The molecule has 6 heteroatoms. The predicted octanol–water partition coefficient (Wildman–Crippen LogP) is 19.7. The summed E-state index contributed by atoms with van der Waals surface area (Å²) in [7, 11) is 0. The summed E-state index contributed by atoms with van der Waals surface area (Å²) < 4.78 is 9.73. The monoisotopic (exact) mass is 952 g/mol. The van der Waals surface area contributed by atoms with Gasteiger partial charge >= 0.3 is 0 Å². The van der Waals surface area contributed by atoms with Crippen LogP contribution < -0.4 is 14.7 Å². The number of fused-ring (bicyclic) bond motifs is 8. The Morgan fingerprint density at radius 3 is 1.71 bits per heavy atom. The van der Waals surface area contributed by atoms with E-state index in [-0.39, 0.29) is 0 Å². The number of para-hydroxylation sites is 5. The van der Waals surface area contributed by atoms with E-state index in [1.165, 1.54) is 25.6 Å². The average molecular weight is 953 g/mol. The van der Waals surface area contributed by atoms with Crippen LogP contribution in [0.3, 0.4) is 0 Å². The Kier molecular flexibility index (Phi) is 10.3. The first-order valence-corrected chi connectivity index (χ1v) is 25.4. The number of furan rings is 1. The third-order valence-corrected chi connectivity index (χ3v) is 15.2. The molecule has 0 aliphatic rings. The third-order valence-electron chi connectivity index (χ3n) is 14.0. The summed E-state index contributed by atoms with van der Waals surface area (Å²) in [4.78, 5) is 12.1. The Hall–Kier alpha value is -9.49. The number of benzene rings is 11. The van der Waals surface area contributed by atoms with Gasteiger partial charge in [0, 0.05) is 71.5 Å². The quantitative estimate of drug-likeness (QED) is 0.136. The lowest BCUT2D eigenvalue weighted by molar-refractivity contribution is 0.669. The summed E-state index contributed by atoms with van der Waals surface area (Å²) in [5.74, 6) is 0. The van der Waals surface area contributed by atoms with Gasteiger partial charge in [0.25, 0.3) is 0 Å². The van der Waals surface area contributed by atoms with Gasteiger partial charge in [-0.15, -0.1) is 11.3 Å². The summed E-state index contributed by atoms with van der Waals surface area (Å²) in [6, 6.07) is 93.3. The zero-order valence-corrected chi connectivity index (χ0v) is 40.3. The molecule has 0 amide bonds. The van der Waals surface area contributed by atoms with Crippen molar-refractivity contribution in [1.82, 2.24) is 4.98 Å². The van der Waals surface area contributed by atoms with E-state index in [1.807, 2.05) is 23.6 Å². The van der Waals surface area contributed by atoms with E-state index >= 15 is 0 Å². The normalized spacial score (nSPS) is 11.6. The van der Waals surface area contributed by atoms with Crippen molar-refractivity contribution in [2.75, 3.05) is 14.7 Å². The van der Waals surface area contributed by atoms with Gasteiger partial charge < -0.3 is 19.1 Å². The fourth-order valence-electron chi connectivity index (χ4n) is 10.8. The van der Waals surface area contributed by atoms with Gasteiger partial charge in [-0.1, -0.05) is 164 Å². The number of pyridine rings is 1. The van der Waals surface area contributed by atoms with Crippen molar-refractivity contribution in [3.63, 3.8) is 0 Å². The van der Waals surface area contributed by atoms with Crippen molar-refractivity contribution in [3.8, 4) is 11.1 Å². The maximum atomic E-state index is 7.27. The molecule has 0 aliphatic heterocycles. The van der Waals surface area contributed by atoms with E-state index in [9.17, 15) is 0 Å². The molecule has 3 heterocycles. The number of hydrogen-bond acceptors (Lipinski definition) is 6. The van der Waals surface area contributed by atoms with Crippen LogP contribution in [0.1, 0.15) is 0 Å². The minimum Gasteiger partial charge on any atom is -0.454 e. The first kappa shape index (κ1) is 42.4. The second-order valence-corrected chi connectivity index (χ2v) is 19.3. The fraction of sp³-hybridized carbons (Fsp3) is 0. The van der Waals surface area contributed by atoms with E-state index in [2.05, 4.69) is 269 Å². The number of aromatic nitrogens is 1. The van der Waals surface area contributed by atoms with Gasteiger partial charge in [0.2, 0.25) is 0 Å².